The average molecular weight is 438 g/mol. The number of likely N-dealkylation sites (tertiary alicyclic amines) is 1. The van der Waals surface area contributed by atoms with Crippen molar-refractivity contribution < 1.29 is 24.2 Å². The lowest BCUT2D eigenvalue weighted by molar-refractivity contribution is -0.139. The molecule has 170 valence electrons. The van der Waals surface area contributed by atoms with Gasteiger partial charge in [-0.15, -0.1) is 0 Å². The van der Waals surface area contributed by atoms with Crippen molar-refractivity contribution in [2.45, 2.75) is 53.2 Å². The Morgan fingerprint density at radius 2 is 1.88 bits per heavy atom. The second kappa shape index (κ2) is 9.90. The second-order valence-electron chi connectivity index (χ2n) is 8.14. The van der Waals surface area contributed by atoms with Gasteiger partial charge in [0, 0.05) is 12.1 Å². The third kappa shape index (κ3) is 4.64. The fraction of sp³-hybridized carbons (Fsp3) is 0.385. The number of benzene rings is 2. The zero-order chi connectivity index (χ0) is 23.4. The lowest BCUT2D eigenvalue weighted by atomic mass is 9.94. The van der Waals surface area contributed by atoms with E-state index in [1.165, 1.54) is 4.90 Å². The molecule has 1 N–H and O–H groups in total. The molecule has 1 saturated heterocycles. The lowest BCUT2D eigenvalue weighted by Crippen LogP contribution is -2.30. The van der Waals surface area contributed by atoms with Crippen molar-refractivity contribution in [2.24, 2.45) is 0 Å². The summed E-state index contributed by atoms with van der Waals surface area (Å²) in [7, 11) is 0. The van der Waals surface area contributed by atoms with Gasteiger partial charge in [-0.2, -0.15) is 0 Å². The van der Waals surface area contributed by atoms with E-state index in [1.807, 2.05) is 58.9 Å². The van der Waals surface area contributed by atoms with Crippen LogP contribution in [-0.2, 0) is 9.59 Å². The molecule has 1 unspecified atom stereocenters. The Kier molecular flexibility index (Phi) is 7.23. The first-order valence-electron chi connectivity index (χ1n) is 11.1. The number of aryl methyl sites for hydroxylation is 1. The number of Topliss-reactive ketones (excluding diaryl/α,β-unsaturated/α-hetero) is 1. The van der Waals surface area contributed by atoms with Crippen LogP contribution in [-0.4, -0.2) is 41.0 Å². The number of aliphatic hydroxyl groups is 1. The van der Waals surface area contributed by atoms with E-state index in [0.29, 0.717) is 36.6 Å². The van der Waals surface area contributed by atoms with Gasteiger partial charge in [0.05, 0.1) is 24.3 Å². The Bertz CT molecular complexity index is 1040. The highest BCUT2D eigenvalue weighted by atomic mass is 16.5. The maximum absolute atomic E-state index is 13.0. The summed E-state index contributed by atoms with van der Waals surface area (Å²) in [6, 6.07) is 11.9. The van der Waals surface area contributed by atoms with Crippen molar-refractivity contribution in [2.75, 3.05) is 13.2 Å². The van der Waals surface area contributed by atoms with Crippen LogP contribution in [0.4, 0.5) is 0 Å². The first-order chi connectivity index (χ1) is 15.3. The number of carbonyl (C=O) groups is 2. The predicted molar refractivity (Wildman–Crippen MR) is 124 cm³/mol. The number of ether oxygens (including phenoxy) is 2. The molecule has 0 saturated carbocycles. The minimum atomic E-state index is -0.678. The molecular weight excluding hydrogens is 406 g/mol. The number of hydrogen-bond donors (Lipinski definition) is 1. The molecule has 1 amide bonds. The largest absolute Gasteiger partial charge is 0.507 e. The van der Waals surface area contributed by atoms with E-state index >= 15 is 0 Å². The summed E-state index contributed by atoms with van der Waals surface area (Å²) in [5.41, 5.74) is 2.12. The molecule has 6 nitrogen and oxygen atoms in total. The Morgan fingerprint density at radius 3 is 2.50 bits per heavy atom. The molecule has 32 heavy (non-hydrogen) atoms. The number of hydrogen-bond acceptors (Lipinski definition) is 5. The highest BCUT2D eigenvalue weighted by Gasteiger charge is 2.45. The highest BCUT2D eigenvalue weighted by Crippen LogP contribution is 2.40. The minimum absolute atomic E-state index is 0.0186. The van der Waals surface area contributed by atoms with Crippen molar-refractivity contribution >= 4 is 17.4 Å². The molecule has 0 aromatic heterocycles. The third-order valence-corrected chi connectivity index (χ3v) is 5.30. The average Bonchev–Trinajstić information content (AvgIpc) is 3.00. The van der Waals surface area contributed by atoms with E-state index in [0.717, 1.165) is 11.1 Å². The third-order valence-electron chi connectivity index (χ3n) is 5.30. The Balaban J connectivity index is 2.13. The van der Waals surface area contributed by atoms with Crippen molar-refractivity contribution in [3.8, 4) is 11.5 Å². The molecule has 1 aliphatic rings. The van der Waals surface area contributed by atoms with Crippen LogP contribution in [0.5, 0.6) is 11.5 Å². The molecule has 2 aromatic carbocycles. The van der Waals surface area contributed by atoms with Crippen LogP contribution in [0.3, 0.4) is 0 Å². The van der Waals surface area contributed by atoms with Crippen molar-refractivity contribution in [1.82, 2.24) is 4.90 Å². The van der Waals surface area contributed by atoms with E-state index < -0.39 is 17.7 Å². The lowest BCUT2D eigenvalue weighted by Gasteiger charge is -2.25. The molecule has 1 heterocycles. The standard InChI is InChI=1S/C26H31NO5/c1-6-13-27-23(18-9-8-10-20(15-18)31-7-2)22(25(29)26(27)30)24(28)19-11-12-21(17(5)14-19)32-16(3)4/h8-12,14-16,23,28H,6-7,13H2,1-5H3/b24-22+. The monoisotopic (exact) mass is 437 g/mol. The SMILES string of the molecule is CCCN1C(=O)C(=O)/C(=C(/O)c2ccc(OC(C)C)c(C)c2)C1c1cccc(OCC)c1. The molecule has 2 aromatic rings. The van der Waals surface area contributed by atoms with Crippen molar-refractivity contribution in [3.63, 3.8) is 0 Å². The van der Waals surface area contributed by atoms with Gasteiger partial charge in [0.15, 0.2) is 0 Å². The van der Waals surface area contributed by atoms with Gasteiger partial charge in [-0.3, -0.25) is 9.59 Å². The van der Waals surface area contributed by atoms with Gasteiger partial charge < -0.3 is 19.5 Å². The van der Waals surface area contributed by atoms with Crippen LogP contribution in [0, 0.1) is 6.92 Å². The normalized spacial score (nSPS) is 17.8. The smallest absolute Gasteiger partial charge is 0.295 e. The molecule has 1 atom stereocenters. The van der Waals surface area contributed by atoms with E-state index in [4.69, 9.17) is 9.47 Å². The van der Waals surface area contributed by atoms with Crippen molar-refractivity contribution in [1.29, 1.82) is 0 Å². The van der Waals surface area contributed by atoms with E-state index in [2.05, 4.69) is 0 Å². The summed E-state index contributed by atoms with van der Waals surface area (Å²) in [6.07, 6.45) is 0.708. The van der Waals surface area contributed by atoms with Gasteiger partial charge in [0.2, 0.25) is 0 Å². The first-order valence-corrected chi connectivity index (χ1v) is 11.1. The summed E-state index contributed by atoms with van der Waals surface area (Å²) >= 11 is 0. The molecule has 0 bridgehead atoms. The van der Waals surface area contributed by atoms with Gasteiger partial charge in [0.25, 0.3) is 11.7 Å². The van der Waals surface area contributed by atoms with Crippen LogP contribution in [0.2, 0.25) is 0 Å². The molecule has 6 heteroatoms. The Hall–Kier alpha value is -3.28. The molecule has 0 aliphatic carbocycles. The molecule has 1 fully saturated rings. The number of amides is 1. The summed E-state index contributed by atoms with van der Waals surface area (Å²) in [5, 5.41) is 11.2. The zero-order valence-electron chi connectivity index (χ0n) is 19.3. The quantitative estimate of drug-likeness (QED) is 0.357. The Morgan fingerprint density at radius 1 is 1.12 bits per heavy atom. The molecule has 0 spiro atoms. The van der Waals surface area contributed by atoms with E-state index in [1.54, 1.807) is 18.2 Å². The number of ketones is 1. The van der Waals surface area contributed by atoms with Gasteiger partial charge in [-0.05, 0) is 75.6 Å². The predicted octanol–water partition coefficient (Wildman–Crippen LogP) is 5.01. The van der Waals surface area contributed by atoms with Crippen LogP contribution in [0.25, 0.3) is 5.76 Å². The molecule has 1 aliphatic heterocycles. The minimum Gasteiger partial charge on any atom is -0.507 e. The van der Waals surface area contributed by atoms with Gasteiger partial charge in [-0.1, -0.05) is 19.1 Å². The maximum atomic E-state index is 13.0. The fourth-order valence-electron chi connectivity index (χ4n) is 3.98. The van der Waals surface area contributed by atoms with Gasteiger partial charge >= 0.3 is 0 Å². The van der Waals surface area contributed by atoms with E-state index in [9.17, 15) is 14.7 Å². The number of rotatable bonds is 8. The maximum Gasteiger partial charge on any atom is 0.295 e. The van der Waals surface area contributed by atoms with Crippen LogP contribution >= 0.6 is 0 Å². The first kappa shape index (κ1) is 23.4. The highest BCUT2D eigenvalue weighted by molar-refractivity contribution is 6.46. The number of nitrogens with zero attached hydrogens (tertiary/aromatic N) is 1. The topological polar surface area (TPSA) is 76.1 Å². The van der Waals surface area contributed by atoms with Crippen LogP contribution < -0.4 is 9.47 Å². The summed E-state index contributed by atoms with van der Waals surface area (Å²) in [5.74, 6) is -0.102. The Labute approximate surface area is 189 Å². The fourth-order valence-corrected chi connectivity index (χ4v) is 3.98. The summed E-state index contributed by atoms with van der Waals surface area (Å²) < 4.78 is 11.4. The second-order valence-corrected chi connectivity index (χ2v) is 8.14. The number of carbonyl (C=O) groups excluding carboxylic acids is 2. The van der Waals surface area contributed by atoms with Crippen molar-refractivity contribution in [3.05, 3.63) is 64.7 Å². The van der Waals surface area contributed by atoms with Crippen LogP contribution in [0.15, 0.2) is 48.0 Å². The molecular formula is C26H31NO5. The van der Waals surface area contributed by atoms with Gasteiger partial charge in [0.1, 0.15) is 17.3 Å². The molecule has 3 rings (SSSR count). The van der Waals surface area contributed by atoms with Crippen LogP contribution in [0.1, 0.15) is 56.8 Å². The van der Waals surface area contributed by atoms with Gasteiger partial charge in [-0.25, -0.2) is 0 Å². The molecule has 0 radical (unpaired) electrons. The zero-order valence-corrected chi connectivity index (χ0v) is 19.3. The number of aliphatic hydroxyl groups excluding tert-OH is 1. The summed E-state index contributed by atoms with van der Waals surface area (Å²) in [4.78, 5) is 27.4. The van der Waals surface area contributed by atoms with E-state index in [-0.39, 0.29) is 17.4 Å². The summed E-state index contributed by atoms with van der Waals surface area (Å²) in [6.45, 7) is 10.5.